The third-order valence-electron chi connectivity index (χ3n) is 2.00. The minimum atomic E-state index is -1.52. The van der Waals surface area contributed by atoms with Crippen LogP contribution in [0.4, 0.5) is 8.78 Å². The highest BCUT2D eigenvalue weighted by atomic mass is 32.2. The normalized spacial score (nSPS) is 10.8. The van der Waals surface area contributed by atoms with Gasteiger partial charge in [0.2, 0.25) is 0 Å². The van der Waals surface area contributed by atoms with Crippen molar-refractivity contribution in [2.75, 3.05) is 5.75 Å². The molecule has 0 aliphatic heterocycles. The summed E-state index contributed by atoms with van der Waals surface area (Å²) in [6.07, 6.45) is 2.81. The summed E-state index contributed by atoms with van der Waals surface area (Å²) in [5, 5.41) is 8.51. The van der Waals surface area contributed by atoms with Crippen LogP contribution in [0.5, 0.6) is 0 Å². The lowest BCUT2D eigenvalue weighted by Gasteiger charge is -2.01. The molecule has 1 rings (SSSR count). The average Bonchev–Trinajstić information content (AvgIpc) is 2.27. The summed E-state index contributed by atoms with van der Waals surface area (Å²) in [4.78, 5) is 21.2. The number of hydrogen-bond donors (Lipinski definition) is 1. The number of benzene rings is 1. The number of carboxylic acid groups (broad SMARTS) is 1. The molecular formula is C12H10F2O3S. The second kappa shape index (κ2) is 6.30. The first kappa shape index (κ1) is 14.4. The van der Waals surface area contributed by atoms with Crippen LogP contribution in [0.3, 0.4) is 0 Å². The number of carbonyl (C=O) groups excluding carboxylic acids is 1. The van der Waals surface area contributed by atoms with E-state index < -0.39 is 23.2 Å². The molecule has 0 heterocycles. The number of rotatable bonds is 4. The molecule has 96 valence electrons. The predicted octanol–water partition coefficient (Wildman–Crippen LogP) is 2.96. The van der Waals surface area contributed by atoms with Crippen molar-refractivity contribution in [3.05, 3.63) is 41.0 Å². The fourth-order valence-electron chi connectivity index (χ4n) is 1.19. The summed E-state index contributed by atoms with van der Waals surface area (Å²) in [6, 6.07) is 1.45. The zero-order valence-corrected chi connectivity index (χ0v) is 10.3. The molecule has 0 unspecified atom stereocenters. The first-order valence-corrected chi connectivity index (χ1v) is 5.92. The van der Waals surface area contributed by atoms with Crippen LogP contribution in [0.15, 0.2) is 18.2 Å². The van der Waals surface area contributed by atoms with Crippen LogP contribution >= 0.6 is 11.8 Å². The molecule has 0 saturated heterocycles. The second-order valence-corrected chi connectivity index (χ2v) is 4.56. The van der Waals surface area contributed by atoms with Crippen molar-refractivity contribution >= 4 is 28.9 Å². The largest absolute Gasteiger partial charge is 0.478 e. The van der Waals surface area contributed by atoms with Crippen molar-refractivity contribution in [3.8, 4) is 0 Å². The maximum atomic E-state index is 13.4. The van der Waals surface area contributed by atoms with E-state index in [1.165, 1.54) is 19.1 Å². The van der Waals surface area contributed by atoms with Gasteiger partial charge in [0.15, 0.2) is 5.12 Å². The van der Waals surface area contributed by atoms with Crippen LogP contribution in [-0.2, 0) is 4.79 Å². The quantitative estimate of drug-likeness (QED) is 0.915. The van der Waals surface area contributed by atoms with Gasteiger partial charge < -0.3 is 5.11 Å². The lowest BCUT2D eigenvalue weighted by Crippen LogP contribution is -2.02. The highest BCUT2D eigenvalue weighted by molar-refractivity contribution is 8.13. The van der Waals surface area contributed by atoms with E-state index in [9.17, 15) is 18.4 Å². The number of aromatic carboxylic acids is 1. The molecule has 1 N–H and O–H groups in total. The summed E-state index contributed by atoms with van der Waals surface area (Å²) in [5.74, 6) is -2.99. The Labute approximate surface area is 107 Å². The van der Waals surface area contributed by atoms with Gasteiger partial charge in [0.1, 0.15) is 11.6 Å². The van der Waals surface area contributed by atoms with Crippen molar-refractivity contribution in [2.24, 2.45) is 0 Å². The molecule has 3 nitrogen and oxygen atoms in total. The summed E-state index contributed by atoms with van der Waals surface area (Å²) in [5.41, 5.74) is -0.760. The molecule has 0 aliphatic rings. The summed E-state index contributed by atoms with van der Waals surface area (Å²) in [6.45, 7) is 1.40. The van der Waals surface area contributed by atoms with Crippen LogP contribution in [0.1, 0.15) is 22.8 Å². The van der Waals surface area contributed by atoms with Crippen molar-refractivity contribution in [2.45, 2.75) is 6.92 Å². The third kappa shape index (κ3) is 3.96. The van der Waals surface area contributed by atoms with Crippen LogP contribution in [0.25, 0.3) is 6.08 Å². The molecule has 1 aromatic carbocycles. The number of carboxylic acids is 1. The van der Waals surface area contributed by atoms with Crippen LogP contribution in [-0.4, -0.2) is 21.9 Å². The number of carbonyl (C=O) groups is 2. The van der Waals surface area contributed by atoms with Crippen LogP contribution < -0.4 is 0 Å². The molecule has 0 amide bonds. The molecule has 0 bridgehead atoms. The van der Waals surface area contributed by atoms with E-state index in [1.54, 1.807) is 0 Å². The lowest BCUT2D eigenvalue weighted by atomic mass is 10.1. The van der Waals surface area contributed by atoms with Crippen LogP contribution in [0, 0.1) is 11.6 Å². The Morgan fingerprint density at radius 3 is 2.56 bits per heavy atom. The molecule has 0 aromatic heterocycles. The first-order valence-electron chi connectivity index (χ1n) is 4.94. The second-order valence-electron chi connectivity index (χ2n) is 3.36. The molecule has 0 aliphatic carbocycles. The first-order chi connectivity index (χ1) is 8.41. The van der Waals surface area contributed by atoms with E-state index in [0.29, 0.717) is 11.8 Å². The van der Waals surface area contributed by atoms with Gasteiger partial charge in [0.05, 0.1) is 5.56 Å². The molecule has 0 fully saturated rings. The highest BCUT2D eigenvalue weighted by Gasteiger charge is 2.13. The SMILES string of the molecule is CC(=O)SCC=Cc1cc(F)c(C(=O)O)cc1F. The number of thioether (sulfide) groups is 1. The van der Waals surface area contributed by atoms with Crippen LogP contribution in [0.2, 0.25) is 0 Å². The van der Waals surface area contributed by atoms with Gasteiger partial charge in [-0.25, -0.2) is 13.6 Å². The van der Waals surface area contributed by atoms with Crippen molar-refractivity contribution in [1.82, 2.24) is 0 Å². The third-order valence-corrected chi connectivity index (χ3v) is 2.76. The Morgan fingerprint density at radius 2 is 2.00 bits per heavy atom. The van der Waals surface area contributed by atoms with Gasteiger partial charge in [-0.2, -0.15) is 0 Å². The average molecular weight is 272 g/mol. The van der Waals surface area contributed by atoms with Crippen molar-refractivity contribution in [1.29, 1.82) is 0 Å². The van der Waals surface area contributed by atoms with Gasteiger partial charge in [-0.05, 0) is 12.1 Å². The summed E-state index contributed by atoms with van der Waals surface area (Å²) >= 11 is 1.03. The van der Waals surface area contributed by atoms with Crippen molar-refractivity contribution in [3.63, 3.8) is 0 Å². The Hall–Kier alpha value is -1.69. The zero-order valence-electron chi connectivity index (χ0n) is 9.44. The number of halogens is 2. The Balaban J connectivity index is 2.88. The fourth-order valence-corrected chi connectivity index (χ4v) is 1.62. The number of hydrogen-bond acceptors (Lipinski definition) is 3. The van der Waals surface area contributed by atoms with E-state index >= 15 is 0 Å². The van der Waals surface area contributed by atoms with E-state index in [1.807, 2.05) is 0 Å². The Bertz CT molecular complexity index is 512. The van der Waals surface area contributed by atoms with E-state index in [0.717, 1.165) is 17.8 Å². The predicted molar refractivity (Wildman–Crippen MR) is 65.5 cm³/mol. The Morgan fingerprint density at radius 1 is 1.33 bits per heavy atom. The monoisotopic (exact) mass is 272 g/mol. The molecule has 0 radical (unpaired) electrons. The summed E-state index contributed by atoms with van der Waals surface area (Å²) in [7, 11) is 0. The minimum absolute atomic E-state index is 0.0540. The molecule has 6 heteroatoms. The fraction of sp³-hybridized carbons (Fsp3) is 0.167. The molecular weight excluding hydrogens is 262 g/mol. The van der Waals surface area contributed by atoms with Gasteiger partial charge in [-0.1, -0.05) is 23.9 Å². The highest BCUT2D eigenvalue weighted by Crippen LogP contribution is 2.17. The van der Waals surface area contributed by atoms with Gasteiger partial charge in [-0.15, -0.1) is 0 Å². The lowest BCUT2D eigenvalue weighted by molar-refractivity contribution is -0.109. The van der Waals surface area contributed by atoms with Gasteiger partial charge in [0, 0.05) is 18.2 Å². The molecule has 1 aromatic rings. The molecule has 18 heavy (non-hydrogen) atoms. The van der Waals surface area contributed by atoms with E-state index in [4.69, 9.17) is 5.11 Å². The minimum Gasteiger partial charge on any atom is -0.478 e. The maximum Gasteiger partial charge on any atom is 0.338 e. The van der Waals surface area contributed by atoms with E-state index in [-0.39, 0.29) is 10.7 Å². The molecule has 0 saturated carbocycles. The maximum absolute atomic E-state index is 13.4. The standard InChI is InChI=1S/C12H10F2O3S/c1-7(15)18-4-2-3-8-5-11(14)9(12(16)17)6-10(8)13/h2-3,5-6H,4H2,1H3,(H,16,17). The smallest absolute Gasteiger partial charge is 0.338 e. The van der Waals surface area contributed by atoms with Gasteiger partial charge in [0.25, 0.3) is 0 Å². The summed E-state index contributed by atoms with van der Waals surface area (Å²) < 4.78 is 26.7. The Kier molecular flexibility index (Phi) is 5.03. The zero-order chi connectivity index (χ0) is 13.7. The van der Waals surface area contributed by atoms with Crippen molar-refractivity contribution < 1.29 is 23.5 Å². The van der Waals surface area contributed by atoms with E-state index in [2.05, 4.69) is 0 Å². The molecule has 0 spiro atoms. The van der Waals surface area contributed by atoms with Gasteiger partial charge >= 0.3 is 5.97 Å². The molecule has 0 atom stereocenters. The van der Waals surface area contributed by atoms with Gasteiger partial charge in [-0.3, -0.25) is 4.79 Å². The topological polar surface area (TPSA) is 54.4 Å².